The number of hydrogen-bond donors (Lipinski definition) is 1. The molecule has 1 rings (SSSR count). The summed E-state index contributed by atoms with van der Waals surface area (Å²) < 4.78 is 4.68. The monoisotopic (exact) mass is 160 g/mol. The van der Waals surface area contributed by atoms with E-state index in [-0.39, 0.29) is 0 Å². The van der Waals surface area contributed by atoms with Crippen LogP contribution in [0.25, 0.3) is 0 Å². The Bertz CT molecular complexity index is 233. The minimum atomic E-state index is 0.307. The molecule has 0 aliphatic carbocycles. The van der Waals surface area contributed by atoms with E-state index in [1.807, 2.05) is 0 Å². The van der Waals surface area contributed by atoms with E-state index in [1.54, 1.807) is 6.07 Å². The molecule has 0 saturated carbocycles. The van der Waals surface area contributed by atoms with Crippen molar-refractivity contribution in [3.63, 3.8) is 0 Å². The fraction of sp³-hybridized carbons (Fsp3) is 0.200. The van der Waals surface area contributed by atoms with Gasteiger partial charge in [-0.15, -0.1) is 5.16 Å². The lowest BCUT2D eigenvalue weighted by atomic mass is 10.4. The van der Waals surface area contributed by atoms with Crippen LogP contribution in [0.15, 0.2) is 15.7 Å². The van der Waals surface area contributed by atoms with Gasteiger partial charge in [-0.3, -0.25) is 0 Å². The largest absolute Gasteiger partial charge is 0.411 e. The van der Waals surface area contributed by atoms with Crippen LogP contribution in [0.1, 0.15) is 5.76 Å². The van der Waals surface area contributed by atoms with E-state index >= 15 is 0 Å². The minimum Gasteiger partial charge on any atom is -0.411 e. The lowest BCUT2D eigenvalue weighted by molar-refractivity contribution is 0.319. The van der Waals surface area contributed by atoms with Crippen LogP contribution in [0.2, 0.25) is 5.15 Å². The molecule has 0 amide bonds. The third-order valence-electron chi connectivity index (χ3n) is 0.904. The van der Waals surface area contributed by atoms with Gasteiger partial charge in [-0.05, 0) is 0 Å². The molecule has 0 unspecified atom stereocenters. The maximum Gasteiger partial charge on any atom is 0.172 e. The van der Waals surface area contributed by atoms with Gasteiger partial charge in [0.1, 0.15) is 5.76 Å². The molecule has 4 nitrogen and oxygen atoms in total. The average molecular weight is 161 g/mol. The molecule has 10 heavy (non-hydrogen) atoms. The Kier molecular flexibility index (Phi) is 2.28. The van der Waals surface area contributed by atoms with Crippen molar-refractivity contribution < 1.29 is 9.73 Å². The van der Waals surface area contributed by atoms with Crippen molar-refractivity contribution in [1.82, 2.24) is 5.16 Å². The molecule has 1 N–H and O–H groups in total. The molecule has 0 fully saturated rings. The molecule has 1 aromatic rings. The van der Waals surface area contributed by atoms with Crippen molar-refractivity contribution in [1.29, 1.82) is 0 Å². The normalized spacial score (nSPS) is 10.9. The summed E-state index contributed by atoms with van der Waals surface area (Å²) in [5.41, 5.74) is 0. The molecular formula is C5H5ClN2O2. The lowest BCUT2D eigenvalue weighted by Gasteiger charge is -1.79. The van der Waals surface area contributed by atoms with Gasteiger partial charge in [0.25, 0.3) is 0 Å². The summed E-state index contributed by atoms with van der Waals surface area (Å²) in [6, 6.07) is 1.56. The van der Waals surface area contributed by atoms with Crippen molar-refractivity contribution in [2.24, 2.45) is 5.16 Å². The lowest BCUT2D eigenvalue weighted by Crippen LogP contribution is -1.80. The number of rotatable bonds is 2. The van der Waals surface area contributed by atoms with Crippen molar-refractivity contribution in [3.8, 4) is 0 Å². The Morgan fingerprint density at radius 1 is 1.90 bits per heavy atom. The number of nitrogens with zero attached hydrogens (tertiary/aromatic N) is 2. The Hall–Kier alpha value is -1.03. The van der Waals surface area contributed by atoms with Crippen molar-refractivity contribution in [2.75, 3.05) is 0 Å². The second-order valence-corrected chi connectivity index (χ2v) is 2.01. The van der Waals surface area contributed by atoms with Gasteiger partial charge in [0.05, 0.1) is 6.21 Å². The van der Waals surface area contributed by atoms with E-state index < -0.39 is 0 Å². The van der Waals surface area contributed by atoms with Crippen LogP contribution in [0.4, 0.5) is 0 Å². The Morgan fingerprint density at radius 3 is 3.20 bits per heavy atom. The number of halogens is 1. The van der Waals surface area contributed by atoms with Crippen LogP contribution in [0.3, 0.4) is 0 Å². The molecule has 0 bridgehead atoms. The van der Waals surface area contributed by atoms with Gasteiger partial charge in [-0.2, -0.15) is 0 Å². The van der Waals surface area contributed by atoms with Crippen molar-refractivity contribution in [3.05, 3.63) is 17.0 Å². The molecule has 0 aliphatic heterocycles. The highest BCUT2D eigenvalue weighted by molar-refractivity contribution is 6.29. The van der Waals surface area contributed by atoms with E-state index in [0.717, 1.165) is 0 Å². The van der Waals surface area contributed by atoms with Gasteiger partial charge in [-0.25, -0.2) is 0 Å². The quantitative estimate of drug-likeness (QED) is 0.403. The van der Waals surface area contributed by atoms with E-state index in [2.05, 4.69) is 14.8 Å². The zero-order chi connectivity index (χ0) is 7.40. The zero-order valence-corrected chi connectivity index (χ0v) is 5.75. The van der Waals surface area contributed by atoms with Crippen LogP contribution < -0.4 is 0 Å². The summed E-state index contributed by atoms with van der Waals surface area (Å²) in [5.74, 6) is 0.572. The highest BCUT2D eigenvalue weighted by Crippen LogP contribution is 2.07. The Labute approximate surface area is 62.1 Å². The van der Waals surface area contributed by atoms with E-state index in [1.165, 1.54) is 6.21 Å². The van der Waals surface area contributed by atoms with Gasteiger partial charge in [-0.1, -0.05) is 16.8 Å². The smallest absolute Gasteiger partial charge is 0.172 e. The second-order valence-electron chi connectivity index (χ2n) is 1.62. The summed E-state index contributed by atoms with van der Waals surface area (Å²) in [5, 5.41) is 14.5. The SMILES string of the molecule is O/N=C\Cc1cc(Cl)no1. The first kappa shape index (κ1) is 7.08. The summed E-state index contributed by atoms with van der Waals surface area (Å²) in [6.07, 6.45) is 1.69. The van der Waals surface area contributed by atoms with Crippen LogP contribution in [-0.2, 0) is 6.42 Å². The molecule has 0 aromatic carbocycles. The molecule has 54 valence electrons. The fourth-order valence-electron chi connectivity index (χ4n) is 0.515. The Morgan fingerprint density at radius 2 is 2.70 bits per heavy atom. The molecule has 0 radical (unpaired) electrons. The molecule has 5 heteroatoms. The fourth-order valence-corrected chi connectivity index (χ4v) is 0.671. The Balaban J connectivity index is 2.58. The van der Waals surface area contributed by atoms with Crippen LogP contribution in [0.5, 0.6) is 0 Å². The number of oxime groups is 1. The highest BCUT2D eigenvalue weighted by Gasteiger charge is 1.98. The topological polar surface area (TPSA) is 58.6 Å². The molecule has 1 aromatic heterocycles. The third-order valence-corrected chi connectivity index (χ3v) is 1.08. The van der Waals surface area contributed by atoms with Crippen molar-refractivity contribution in [2.45, 2.75) is 6.42 Å². The second kappa shape index (κ2) is 3.22. The third kappa shape index (κ3) is 1.73. The van der Waals surface area contributed by atoms with Gasteiger partial charge >= 0.3 is 0 Å². The summed E-state index contributed by atoms with van der Waals surface area (Å²) in [4.78, 5) is 0. The summed E-state index contributed by atoms with van der Waals surface area (Å²) in [6.45, 7) is 0. The first-order chi connectivity index (χ1) is 4.83. The summed E-state index contributed by atoms with van der Waals surface area (Å²) >= 11 is 5.43. The maximum absolute atomic E-state index is 8.01. The molecule has 0 saturated heterocycles. The van der Waals surface area contributed by atoms with E-state index in [0.29, 0.717) is 17.3 Å². The van der Waals surface area contributed by atoms with Crippen LogP contribution in [-0.4, -0.2) is 16.6 Å². The molecule has 0 spiro atoms. The maximum atomic E-state index is 8.01. The van der Waals surface area contributed by atoms with E-state index in [4.69, 9.17) is 16.8 Å². The standard InChI is InChI=1S/C5H5ClN2O2/c6-5-3-4(10-8-5)1-2-7-9/h2-3,9H,1H2/b7-2-. The number of hydrogen-bond acceptors (Lipinski definition) is 4. The molecule has 0 aliphatic rings. The van der Waals surface area contributed by atoms with Gasteiger partial charge in [0.2, 0.25) is 0 Å². The van der Waals surface area contributed by atoms with Crippen molar-refractivity contribution >= 4 is 17.8 Å². The zero-order valence-electron chi connectivity index (χ0n) is 4.99. The van der Waals surface area contributed by atoms with Gasteiger partial charge < -0.3 is 9.73 Å². The first-order valence-corrected chi connectivity index (χ1v) is 2.97. The molecule has 0 atom stereocenters. The van der Waals surface area contributed by atoms with Crippen LogP contribution in [0, 0.1) is 0 Å². The summed E-state index contributed by atoms with van der Waals surface area (Å²) in [7, 11) is 0. The number of aromatic nitrogens is 1. The predicted molar refractivity (Wildman–Crippen MR) is 35.5 cm³/mol. The molecular weight excluding hydrogens is 156 g/mol. The predicted octanol–water partition coefficient (Wildman–Crippen LogP) is 1.33. The van der Waals surface area contributed by atoms with Gasteiger partial charge in [0.15, 0.2) is 5.15 Å². The highest BCUT2D eigenvalue weighted by atomic mass is 35.5. The van der Waals surface area contributed by atoms with E-state index in [9.17, 15) is 0 Å². The minimum absolute atomic E-state index is 0.307. The first-order valence-electron chi connectivity index (χ1n) is 2.60. The van der Waals surface area contributed by atoms with Crippen LogP contribution >= 0.6 is 11.6 Å². The molecule has 1 heterocycles. The van der Waals surface area contributed by atoms with Gasteiger partial charge in [0, 0.05) is 12.5 Å². The average Bonchev–Trinajstić information content (AvgIpc) is 2.31.